The van der Waals surface area contributed by atoms with Crippen LogP contribution in [0.2, 0.25) is 0 Å². The number of aliphatic carboxylic acids is 1. The highest BCUT2D eigenvalue weighted by Crippen LogP contribution is 2.16. The summed E-state index contributed by atoms with van der Waals surface area (Å²) in [5.41, 5.74) is -0.519. The lowest BCUT2D eigenvalue weighted by Gasteiger charge is -2.31. The fourth-order valence-electron chi connectivity index (χ4n) is 2.18. The van der Waals surface area contributed by atoms with E-state index in [1.807, 2.05) is 0 Å². The molecule has 8 nitrogen and oxygen atoms in total. The Labute approximate surface area is 144 Å². The number of aromatic amines is 1. The molecule has 0 aliphatic heterocycles. The molecule has 0 saturated heterocycles. The highest BCUT2D eigenvalue weighted by atomic mass is 16.4. The molecular formula is C17H20N4O4. The van der Waals surface area contributed by atoms with Crippen molar-refractivity contribution >= 4 is 11.9 Å². The number of rotatable bonds is 5. The number of aryl methyl sites for hydroxylation is 1. The van der Waals surface area contributed by atoms with Crippen molar-refractivity contribution in [3.05, 3.63) is 46.1 Å². The third-order valence-corrected chi connectivity index (χ3v) is 4.22. The minimum Gasteiger partial charge on any atom is -0.480 e. The van der Waals surface area contributed by atoms with E-state index in [4.69, 9.17) is 0 Å². The van der Waals surface area contributed by atoms with E-state index < -0.39 is 23.0 Å². The summed E-state index contributed by atoms with van der Waals surface area (Å²) >= 11 is 0. The van der Waals surface area contributed by atoms with E-state index in [-0.39, 0.29) is 12.0 Å². The molecule has 2 aromatic heterocycles. The number of carbonyl (C=O) groups excluding carboxylic acids is 1. The summed E-state index contributed by atoms with van der Waals surface area (Å²) in [6.07, 6.45) is 2.96. The summed E-state index contributed by atoms with van der Waals surface area (Å²) in [6.45, 7) is 4.49. The molecule has 0 aliphatic carbocycles. The minimum absolute atomic E-state index is 0.214. The van der Waals surface area contributed by atoms with E-state index in [0.717, 1.165) is 4.90 Å². The monoisotopic (exact) mass is 344 g/mol. The number of hydrogen-bond acceptors (Lipinski definition) is 5. The van der Waals surface area contributed by atoms with Gasteiger partial charge in [0.1, 0.15) is 11.4 Å². The Hall–Kier alpha value is -3.03. The van der Waals surface area contributed by atoms with Crippen LogP contribution in [0.4, 0.5) is 0 Å². The van der Waals surface area contributed by atoms with Gasteiger partial charge in [0.25, 0.3) is 5.56 Å². The number of carbonyl (C=O) groups is 2. The summed E-state index contributed by atoms with van der Waals surface area (Å²) in [4.78, 5) is 48.1. The molecule has 0 atom stereocenters. The fourth-order valence-corrected chi connectivity index (χ4v) is 2.18. The Morgan fingerprint density at radius 3 is 2.56 bits per heavy atom. The number of nitrogens with zero attached hydrogens (tertiary/aromatic N) is 3. The highest BCUT2D eigenvalue weighted by Gasteiger charge is 2.35. The standard InChI is InChI=1S/C17H20N4O4/c1-10-12(8-13(22)21(4)17(2,3)16(24)25)15(23)20-14(19-10)11-6-5-7-18-9-11/h5-7,9H,8H2,1-4H3,(H,24,25)(H,19,20,23). The van der Waals surface area contributed by atoms with Gasteiger partial charge < -0.3 is 15.0 Å². The zero-order chi connectivity index (χ0) is 18.8. The Morgan fingerprint density at radius 1 is 1.36 bits per heavy atom. The summed E-state index contributed by atoms with van der Waals surface area (Å²) < 4.78 is 0. The zero-order valence-corrected chi connectivity index (χ0v) is 14.5. The first-order valence-corrected chi connectivity index (χ1v) is 7.65. The van der Waals surface area contributed by atoms with Crippen LogP contribution in [0, 0.1) is 6.92 Å². The van der Waals surface area contributed by atoms with E-state index in [1.165, 1.54) is 20.9 Å². The smallest absolute Gasteiger partial charge is 0.329 e. The van der Waals surface area contributed by atoms with E-state index in [2.05, 4.69) is 15.0 Å². The molecular weight excluding hydrogens is 324 g/mol. The number of carboxylic acid groups (broad SMARTS) is 1. The zero-order valence-electron chi connectivity index (χ0n) is 14.5. The SMILES string of the molecule is Cc1nc(-c2cccnc2)[nH]c(=O)c1CC(=O)N(C)C(C)(C)C(=O)O. The maximum Gasteiger partial charge on any atom is 0.329 e. The highest BCUT2D eigenvalue weighted by molar-refractivity contribution is 5.87. The van der Waals surface area contributed by atoms with Gasteiger partial charge in [-0.25, -0.2) is 9.78 Å². The van der Waals surface area contributed by atoms with Gasteiger partial charge >= 0.3 is 5.97 Å². The Balaban J connectivity index is 2.31. The van der Waals surface area contributed by atoms with Gasteiger partial charge in [0.15, 0.2) is 0 Å². The quantitative estimate of drug-likeness (QED) is 0.836. The predicted octanol–water partition coefficient (Wildman–Crippen LogP) is 1.00. The Morgan fingerprint density at radius 2 is 2.04 bits per heavy atom. The number of aromatic nitrogens is 3. The molecule has 0 saturated carbocycles. The molecule has 2 aromatic rings. The van der Waals surface area contributed by atoms with Crippen molar-refractivity contribution in [1.82, 2.24) is 19.9 Å². The summed E-state index contributed by atoms with van der Waals surface area (Å²) in [5.74, 6) is -1.23. The maximum absolute atomic E-state index is 12.4. The summed E-state index contributed by atoms with van der Waals surface area (Å²) in [6, 6.07) is 3.49. The fraction of sp³-hybridized carbons (Fsp3) is 0.353. The van der Waals surface area contributed by atoms with Crippen LogP contribution >= 0.6 is 0 Å². The van der Waals surface area contributed by atoms with Crippen LogP contribution in [-0.4, -0.2) is 49.4 Å². The lowest BCUT2D eigenvalue weighted by molar-refractivity contribution is -0.155. The lowest BCUT2D eigenvalue weighted by atomic mass is 10.0. The van der Waals surface area contributed by atoms with Crippen molar-refractivity contribution in [2.24, 2.45) is 0 Å². The molecule has 0 aliphatic rings. The molecule has 0 bridgehead atoms. The van der Waals surface area contributed by atoms with Crippen LogP contribution in [0.3, 0.4) is 0 Å². The number of H-pyrrole nitrogens is 1. The van der Waals surface area contributed by atoms with Crippen molar-refractivity contribution in [2.45, 2.75) is 32.7 Å². The van der Waals surface area contributed by atoms with Gasteiger partial charge in [-0.05, 0) is 32.9 Å². The number of nitrogens with one attached hydrogen (secondary N) is 1. The van der Waals surface area contributed by atoms with E-state index in [1.54, 1.807) is 31.5 Å². The molecule has 132 valence electrons. The molecule has 2 rings (SSSR count). The van der Waals surface area contributed by atoms with Crippen molar-refractivity contribution < 1.29 is 14.7 Å². The van der Waals surface area contributed by atoms with Gasteiger partial charge in [-0.15, -0.1) is 0 Å². The molecule has 0 fully saturated rings. The van der Waals surface area contributed by atoms with Crippen LogP contribution in [0.1, 0.15) is 25.1 Å². The number of likely N-dealkylation sites (N-methyl/N-ethyl adjacent to an activating group) is 1. The van der Waals surface area contributed by atoms with Gasteiger partial charge in [0.05, 0.1) is 6.42 Å². The van der Waals surface area contributed by atoms with Gasteiger partial charge in [-0.2, -0.15) is 0 Å². The third kappa shape index (κ3) is 3.73. The molecule has 0 aromatic carbocycles. The van der Waals surface area contributed by atoms with Crippen LogP contribution < -0.4 is 5.56 Å². The number of pyridine rings is 1. The number of carboxylic acids is 1. The first kappa shape index (κ1) is 18.3. The van der Waals surface area contributed by atoms with Gasteiger partial charge in [0.2, 0.25) is 5.91 Å². The molecule has 1 amide bonds. The van der Waals surface area contributed by atoms with Crippen molar-refractivity contribution in [3.8, 4) is 11.4 Å². The third-order valence-electron chi connectivity index (χ3n) is 4.22. The molecule has 8 heteroatoms. The first-order valence-electron chi connectivity index (χ1n) is 7.65. The summed E-state index contributed by atoms with van der Waals surface area (Å²) in [5, 5.41) is 9.22. The van der Waals surface area contributed by atoms with Crippen molar-refractivity contribution in [1.29, 1.82) is 0 Å². The van der Waals surface area contributed by atoms with Crippen molar-refractivity contribution in [2.75, 3.05) is 7.05 Å². The Kier molecular flexibility index (Phi) is 5.01. The van der Waals surface area contributed by atoms with Crippen LogP contribution in [-0.2, 0) is 16.0 Å². The predicted molar refractivity (Wildman–Crippen MR) is 91.0 cm³/mol. The summed E-state index contributed by atoms with van der Waals surface area (Å²) in [7, 11) is 1.40. The van der Waals surface area contributed by atoms with Crippen LogP contribution in [0.5, 0.6) is 0 Å². The molecule has 2 N–H and O–H groups in total. The van der Waals surface area contributed by atoms with Gasteiger partial charge in [-0.1, -0.05) is 0 Å². The van der Waals surface area contributed by atoms with Crippen molar-refractivity contribution in [3.63, 3.8) is 0 Å². The molecule has 0 unspecified atom stereocenters. The molecule has 25 heavy (non-hydrogen) atoms. The molecule has 0 radical (unpaired) electrons. The second-order valence-electron chi connectivity index (χ2n) is 6.21. The molecule has 2 heterocycles. The number of hydrogen-bond donors (Lipinski definition) is 2. The normalized spacial score (nSPS) is 11.2. The van der Waals surface area contributed by atoms with Crippen LogP contribution in [0.15, 0.2) is 29.3 Å². The van der Waals surface area contributed by atoms with Gasteiger partial charge in [0, 0.05) is 36.3 Å². The minimum atomic E-state index is -1.37. The van der Waals surface area contributed by atoms with Crippen LogP contribution in [0.25, 0.3) is 11.4 Å². The Bertz CT molecular complexity index is 859. The van der Waals surface area contributed by atoms with E-state index >= 15 is 0 Å². The number of amides is 1. The second kappa shape index (κ2) is 6.84. The van der Waals surface area contributed by atoms with E-state index in [9.17, 15) is 19.5 Å². The molecule has 0 spiro atoms. The van der Waals surface area contributed by atoms with Gasteiger partial charge in [-0.3, -0.25) is 14.6 Å². The topological polar surface area (TPSA) is 116 Å². The second-order valence-corrected chi connectivity index (χ2v) is 6.21. The maximum atomic E-state index is 12.4. The van der Waals surface area contributed by atoms with E-state index in [0.29, 0.717) is 17.1 Å². The average molecular weight is 344 g/mol. The largest absolute Gasteiger partial charge is 0.480 e. The average Bonchev–Trinajstić information content (AvgIpc) is 2.57. The lowest BCUT2D eigenvalue weighted by Crippen LogP contribution is -2.51. The first-order chi connectivity index (χ1) is 11.6.